The van der Waals surface area contributed by atoms with Crippen molar-refractivity contribution in [1.29, 1.82) is 0 Å². The van der Waals surface area contributed by atoms with Gasteiger partial charge in [-0.15, -0.1) is 0 Å². The zero-order chi connectivity index (χ0) is 13.1. The molecule has 0 aliphatic rings. The summed E-state index contributed by atoms with van der Waals surface area (Å²) < 4.78 is 10.4. The van der Waals surface area contributed by atoms with Crippen LogP contribution in [-0.2, 0) is 0 Å². The molecule has 18 heavy (non-hydrogen) atoms. The first-order chi connectivity index (χ1) is 8.61. The van der Waals surface area contributed by atoms with Crippen LogP contribution in [0.2, 0.25) is 0 Å². The quantitative estimate of drug-likeness (QED) is 0.471. The van der Waals surface area contributed by atoms with E-state index in [1.54, 1.807) is 24.3 Å². The fourth-order valence-corrected chi connectivity index (χ4v) is 1.58. The van der Waals surface area contributed by atoms with Crippen LogP contribution in [0.15, 0.2) is 46.1 Å². The van der Waals surface area contributed by atoms with Crippen molar-refractivity contribution < 1.29 is 13.9 Å². The Hall–Kier alpha value is -2.36. The lowest BCUT2D eigenvalue weighted by Gasteiger charge is -2.04. The summed E-state index contributed by atoms with van der Waals surface area (Å²) in [6.45, 7) is 5.26. The molecule has 0 atom stereocenters. The first kappa shape index (κ1) is 12.1. The molecule has 0 bridgehead atoms. The molecule has 92 valence electrons. The van der Waals surface area contributed by atoms with Crippen molar-refractivity contribution in [2.75, 3.05) is 6.61 Å². The summed E-state index contributed by atoms with van der Waals surface area (Å²) in [5.41, 5.74) is -0.176. The zero-order valence-electron chi connectivity index (χ0n) is 9.93. The van der Waals surface area contributed by atoms with Gasteiger partial charge in [0.25, 0.3) is 0 Å². The summed E-state index contributed by atoms with van der Waals surface area (Å²) in [5.74, 6) is 0.277. The van der Waals surface area contributed by atoms with E-state index in [9.17, 15) is 9.59 Å². The number of hydrogen-bond donors (Lipinski definition) is 0. The maximum Gasteiger partial charge on any atom is 0.347 e. The minimum Gasteiger partial charge on any atom is -0.489 e. The van der Waals surface area contributed by atoms with Gasteiger partial charge in [0.05, 0.1) is 0 Å². The number of fused-ring (bicyclic) bond motifs is 1. The molecule has 2 rings (SSSR count). The summed E-state index contributed by atoms with van der Waals surface area (Å²) in [6.07, 6.45) is 1.62. The highest BCUT2D eigenvalue weighted by atomic mass is 16.5. The van der Waals surface area contributed by atoms with Gasteiger partial charge in [-0.1, -0.05) is 12.7 Å². The van der Waals surface area contributed by atoms with Gasteiger partial charge in [-0.3, -0.25) is 4.79 Å². The van der Waals surface area contributed by atoms with Gasteiger partial charge in [-0.2, -0.15) is 0 Å². The SMILES string of the molecule is C=CCOc1ccc2cc(C(C)=O)c(=O)oc2c1. The average molecular weight is 244 g/mol. The molecule has 0 fully saturated rings. The molecule has 0 aliphatic heterocycles. The van der Waals surface area contributed by atoms with Gasteiger partial charge >= 0.3 is 5.63 Å². The first-order valence-corrected chi connectivity index (χ1v) is 5.44. The van der Waals surface area contributed by atoms with E-state index in [0.717, 1.165) is 0 Å². The van der Waals surface area contributed by atoms with Crippen LogP contribution >= 0.6 is 0 Å². The van der Waals surface area contributed by atoms with Gasteiger partial charge in [0.1, 0.15) is 23.5 Å². The normalized spacial score (nSPS) is 10.3. The summed E-state index contributed by atoms with van der Waals surface area (Å²) >= 11 is 0. The maximum absolute atomic E-state index is 11.6. The highest BCUT2D eigenvalue weighted by Crippen LogP contribution is 2.20. The van der Waals surface area contributed by atoms with E-state index in [2.05, 4.69) is 6.58 Å². The van der Waals surface area contributed by atoms with E-state index in [1.807, 2.05) is 0 Å². The number of ketones is 1. The van der Waals surface area contributed by atoms with Gasteiger partial charge in [-0.25, -0.2) is 4.79 Å². The van der Waals surface area contributed by atoms with Crippen LogP contribution < -0.4 is 10.4 Å². The van der Waals surface area contributed by atoms with Crippen LogP contribution in [0.3, 0.4) is 0 Å². The van der Waals surface area contributed by atoms with Crippen LogP contribution in [0.4, 0.5) is 0 Å². The molecule has 4 nitrogen and oxygen atoms in total. The first-order valence-electron chi connectivity index (χ1n) is 5.44. The van der Waals surface area contributed by atoms with Crippen LogP contribution in [0, 0.1) is 0 Å². The second-order valence-electron chi connectivity index (χ2n) is 3.80. The molecule has 1 aromatic heterocycles. The summed E-state index contributed by atoms with van der Waals surface area (Å²) in [7, 11) is 0. The van der Waals surface area contributed by atoms with Crippen LogP contribution in [0.25, 0.3) is 11.0 Å². The number of carbonyl (C=O) groups excluding carboxylic acids is 1. The topological polar surface area (TPSA) is 56.5 Å². The van der Waals surface area contributed by atoms with Crippen molar-refractivity contribution in [3.8, 4) is 5.75 Å². The van der Waals surface area contributed by atoms with E-state index in [0.29, 0.717) is 23.3 Å². The van der Waals surface area contributed by atoms with Crippen LogP contribution in [-0.4, -0.2) is 12.4 Å². The van der Waals surface area contributed by atoms with Crippen molar-refractivity contribution in [3.63, 3.8) is 0 Å². The minimum atomic E-state index is -0.629. The minimum absolute atomic E-state index is 0.0576. The Balaban J connectivity index is 2.52. The third kappa shape index (κ3) is 2.32. The molecule has 0 saturated heterocycles. The molecule has 4 heteroatoms. The number of carbonyl (C=O) groups is 1. The van der Waals surface area contributed by atoms with Crippen LogP contribution in [0.5, 0.6) is 5.75 Å². The smallest absolute Gasteiger partial charge is 0.347 e. The molecule has 0 N–H and O–H groups in total. The molecule has 0 radical (unpaired) electrons. The maximum atomic E-state index is 11.6. The monoisotopic (exact) mass is 244 g/mol. The van der Waals surface area contributed by atoms with Gasteiger partial charge < -0.3 is 9.15 Å². The van der Waals surface area contributed by atoms with Crippen LogP contribution in [0.1, 0.15) is 17.3 Å². The van der Waals surface area contributed by atoms with Gasteiger partial charge in [-0.05, 0) is 25.1 Å². The summed E-state index contributed by atoms with van der Waals surface area (Å²) in [4.78, 5) is 22.8. The largest absolute Gasteiger partial charge is 0.489 e. The molecule has 0 aliphatic carbocycles. The van der Waals surface area contributed by atoms with Crippen molar-refractivity contribution in [2.45, 2.75) is 6.92 Å². The Labute approximate surface area is 103 Å². The standard InChI is InChI=1S/C14H12O4/c1-3-6-17-11-5-4-10-7-12(9(2)15)14(16)18-13(10)8-11/h3-5,7-8H,1,6H2,2H3. The van der Waals surface area contributed by atoms with E-state index in [1.165, 1.54) is 13.0 Å². The second kappa shape index (κ2) is 4.87. The molecule has 2 aromatic rings. The summed E-state index contributed by atoms with van der Waals surface area (Å²) in [6, 6.07) is 6.63. The Morgan fingerprint density at radius 2 is 2.22 bits per heavy atom. The van der Waals surface area contributed by atoms with E-state index in [-0.39, 0.29) is 11.3 Å². The second-order valence-corrected chi connectivity index (χ2v) is 3.80. The molecule has 1 heterocycles. The predicted octanol–water partition coefficient (Wildman–Crippen LogP) is 2.56. The molecule has 0 saturated carbocycles. The lowest BCUT2D eigenvalue weighted by molar-refractivity contribution is 0.101. The molecular formula is C14H12O4. The van der Waals surface area contributed by atoms with Crippen molar-refractivity contribution >= 4 is 16.8 Å². The van der Waals surface area contributed by atoms with Crippen molar-refractivity contribution in [2.24, 2.45) is 0 Å². The molecule has 0 spiro atoms. The fourth-order valence-electron chi connectivity index (χ4n) is 1.58. The predicted molar refractivity (Wildman–Crippen MR) is 68.2 cm³/mol. The highest BCUT2D eigenvalue weighted by molar-refractivity contribution is 5.96. The Morgan fingerprint density at radius 1 is 1.44 bits per heavy atom. The number of rotatable bonds is 4. The Bertz CT molecular complexity index is 667. The fraction of sp³-hybridized carbons (Fsp3) is 0.143. The lowest BCUT2D eigenvalue weighted by atomic mass is 10.1. The number of benzene rings is 1. The molecular weight excluding hydrogens is 232 g/mol. The Kier molecular flexibility index (Phi) is 3.28. The van der Waals surface area contributed by atoms with Gasteiger partial charge in [0.2, 0.25) is 0 Å². The number of Topliss-reactive ketones (excluding diaryl/α,β-unsaturated/α-hetero) is 1. The molecule has 0 unspecified atom stereocenters. The highest BCUT2D eigenvalue weighted by Gasteiger charge is 2.09. The van der Waals surface area contributed by atoms with E-state index >= 15 is 0 Å². The molecule has 1 aromatic carbocycles. The van der Waals surface area contributed by atoms with Crippen molar-refractivity contribution in [3.05, 3.63) is 52.9 Å². The van der Waals surface area contributed by atoms with Crippen molar-refractivity contribution in [1.82, 2.24) is 0 Å². The molecule has 0 amide bonds. The zero-order valence-corrected chi connectivity index (χ0v) is 9.93. The third-order valence-electron chi connectivity index (χ3n) is 2.45. The van der Waals surface area contributed by atoms with E-state index in [4.69, 9.17) is 9.15 Å². The lowest BCUT2D eigenvalue weighted by Crippen LogP contribution is -2.10. The number of hydrogen-bond acceptors (Lipinski definition) is 4. The Morgan fingerprint density at radius 3 is 2.89 bits per heavy atom. The third-order valence-corrected chi connectivity index (χ3v) is 2.45. The average Bonchev–Trinajstić information content (AvgIpc) is 2.34. The van der Waals surface area contributed by atoms with E-state index < -0.39 is 5.63 Å². The summed E-state index contributed by atoms with van der Waals surface area (Å²) in [5, 5.41) is 0.686. The number of ether oxygens (including phenoxy) is 1. The van der Waals surface area contributed by atoms with Gasteiger partial charge in [0, 0.05) is 11.5 Å². The van der Waals surface area contributed by atoms with Gasteiger partial charge in [0.15, 0.2) is 5.78 Å².